The number of hydrogen-bond acceptors (Lipinski definition) is 11. The van der Waals surface area contributed by atoms with Gasteiger partial charge in [-0.2, -0.15) is 0 Å². The first-order valence-electron chi connectivity index (χ1n) is 23.7. The number of sulfonamides is 1. The molecule has 3 heterocycles. The number of anilines is 4. The van der Waals surface area contributed by atoms with E-state index in [0.717, 1.165) is 78.1 Å². The second kappa shape index (κ2) is 22.4. The fourth-order valence-electron chi connectivity index (χ4n) is 9.64. The molecule has 70 heavy (non-hydrogen) atoms. The van der Waals surface area contributed by atoms with Crippen molar-refractivity contribution >= 4 is 67.8 Å². The normalized spacial score (nSPS) is 15.3. The molecule has 0 radical (unpaired) electrons. The molecule has 2 aliphatic heterocycles. The fraction of sp³-hybridized carbons (Fsp3) is 0.340. The Balaban J connectivity index is 0.924. The smallest absolute Gasteiger partial charge is 0.338 e. The summed E-state index contributed by atoms with van der Waals surface area (Å²) in [7, 11) is -4.20. The molecule has 5 aromatic carbocycles. The minimum atomic E-state index is -4.20. The molecule has 1 aromatic heterocycles. The average molecular weight is 1010 g/mol. The molecule has 1 atom stereocenters. The number of aliphatic hydroxyl groups is 1. The van der Waals surface area contributed by atoms with Crippen LogP contribution in [0.5, 0.6) is 0 Å². The van der Waals surface area contributed by atoms with Gasteiger partial charge in [-0.15, -0.1) is 11.8 Å². The van der Waals surface area contributed by atoms with Gasteiger partial charge in [0, 0.05) is 101 Å². The quantitative estimate of drug-likeness (QED) is 0.0344. The topological polar surface area (TPSA) is 174 Å². The van der Waals surface area contributed by atoms with Crippen LogP contribution in [-0.2, 0) is 10.0 Å². The van der Waals surface area contributed by atoms with Gasteiger partial charge in [0.15, 0.2) is 0 Å². The third kappa shape index (κ3) is 11.8. The molecule has 0 saturated carbocycles. The number of nitro benzene ring substituents is 1. The summed E-state index contributed by atoms with van der Waals surface area (Å²) in [5.74, 6) is -0.0119. The van der Waals surface area contributed by atoms with E-state index in [1.54, 1.807) is 23.9 Å². The number of aromatic nitrogens is 1. The Kier molecular flexibility index (Phi) is 16.1. The first-order chi connectivity index (χ1) is 33.7. The summed E-state index contributed by atoms with van der Waals surface area (Å²) in [6.45, 7) is 11.5. The van der Waals surface area contributed by atoms with Crippen molar-refractivity contribution in [3.8, 4) is 22.4 Å². The number of likely N-dealkylation sites (tertiary alicyclic amines) is 1. The second-order valence-corrected chi connectivity index (χ2v) is 21.5. The number of nitro groups is 1. The van der Waals surface area contributed by atoms with Crippen LogP contribution in [0, 0.1) is 23.0 Å². The van der Waals surface area contributed by atoms with Gasteiger partial charge in [-0.05, 0) is 143 Å². The summed E-state index contributed by atoms with van der Waals surface area (Å²) >= 11 is 7.92. The first kappa shape index (κ1) is 50.4. The number of carbonyl (C=O) groups is 1. The molecule has 2 fully saturated rings. The summed E-state index contributed by atoms with van der Waals surface area (Å²) in [4.78, 5) is 32.5. The van der Waals surface area contributed by atoms with Crippen molar-refractivity contribution in [3.05, 3.63) is 148 Å². The van der Waals surface area contributed by atoms with Gasteiger partial charge in [0.05, 0.1) is 21.1 Å². The van der Waals surface area contributed by atoms with Gasteiger partial charge in [0.25, 0.3) is 15.7 Å². The Morgan fingerprint density at radius 1 is 0.843 bits per heavy atom. The molecule has 0 bridgehead atoms. The number of halogens is 1. The number of nitrogens with zero attached hydrogens (tertiary/aromatic N) is 5. The number of carboxylic acid groups (broad SMARTS) is 1. The molecule has 4 N–H and O–H groups in total. The highest BCUT2D eigenvalue weighted by Gasteiger charge is 2.30. The number of benzene rings is 5. The molecule has 0 amide bonds. The lowest BCUT2D eigenvalue weighted by atomic mass is 9.96. The second-order valence-electron chi connectivity index (χ2n) is 18.3. The van der Waals surface area contributed by atoms with Crippen molar-refractivity contribution in [2.75, 3.05) is 78.0 Å². The molecule has 2 saturated heterocycles. The van der Waals surface area contributed by atoms with Crippen molar-refractivity contribution in [2.45, 2.75) is 61.9 Å². The third-order valence-electron chi connectivity index (χ3n) is 13.4. The maximum absolute atomic E-state index is 13.7. The van der Waals surface area contributed by atoms with E-state index >= 15 is 0 Å². The van der Waals surface area contributed by atoms with E-state index in [1.165, 1.54) is 12.1 Å². The molecular weight excluding hydrogens is 946 g/mol. The van der Waals surface area contributed by atoms with E-state index in [0.29, 0.717) is 59.8 Å². The summed E-state index contributed by atoms with van der Waals surface area (Å²) in [6, 6.07) is 36.5. The molecule has 17 heteroatoms. The van der Waals surface area contributed by atoms with E-state index in [4.69, 9.17) is 11.6 Å². The lowest BCUT2D eigenvalue weighted by Crippen LogP contribution is -2.46. The van der Waals surface area contributed by atoms with Crippen molar-refractivity contribution in [1.29, 1.82) is 0 Å². The minimum absolute atomic E-state index is 0.00431. The van der Waals surface area contributed by atoms with Crippen molar-refractivity contribution in [1.82, 2.24) is 9.47 Å². The van der Waals surface area contributed by atoms with Crippen molar-refractivity contribution < 1.29 is 28.3 Å². The molecule has 0 spiro atoms. The number of hydrogen-bond donors (Lipinski definition) is 4. The van der Waals surface area contributed by atoms with Gasteiger partial charge in [-0.3, -0.25) is 14.8 Å². The fourth-order valence-corrected chi connectivity index (χ4v) is 11.8. The largest absolute Gasteiger partial charge is 0.478 e. The Bertz CT molecular complexity index is 2880. The van der Waals surface area contributed by atoms with E-state index in [1.807, 2.05) is 106 Å². The Morgan fingerprint density at radius 2 is 1.51 bits per heavy atom. The zero-order chi connectivity index (χ0) is 49.5. The molecular formula is C53H60ClN7O7S2. The van der Waals surface area contributed by atoms with E-state index in [2.05, 4.69) is 35.4 Å². The third-order valence-corrected chi connectivity index (χ3v) is 16.2. The zero-order valence-corrected chi connectivity index (χ0v) is 42.0. The Labute approximate surface area is 419 Å². The number of aromatic carboxylic acids is 1. The average Bonchev–Trinajstić information content (AvgIpc) is 3.69. The summed E-state index contributed by atoms with van der Waals surface area (Å²) in [6.07, 6.45) is 2.60. The van der Waals surface area contributed by atoms with Crippen LogP contribution < -0.4 is 19.8 Å². The lowest BCUT2D eigenvalue weighted by molar-refractivity contribution is -0.384. The van der Waals surface area contributed by atoms with E-state index in [-0.39, 0.29) is 40.5 Å². The van der Waals surface area contributed by atoms with Crippen LogP contribution in [0.15, 0.2) is 131 Å². The number of thioether (sulfide) groups is 1. The monoisotopic (exact) mass is 1010 g/mol. The number of piperazine rings is 1. The van der Waals surface area contributed by atoms with Crippen molar-refractivity contribution in [3.63, 3.8) is 0 Å². The molecule has 368 valence electrons. The maximum Gasteiger partial charge on any atom is 0.338 e. The molecule has 6 aromatic rings. The van der Waals surface area contributed by atoms with Crippen LogP contribution in [0.1, 0.15) is 55.2 Å². The van der Waals surface area contributed by atoms with Crippen molar-refractivity contribution in [2.24, 2.45) is 5.92 Å². The van der Waals surface area contributed by atoms with Crippen LogP contribution in [-0.4, -0.2) is 103 Å². The van der Waals surface area contributed by atoms with Gasteiger partial charge in [0.1, 0.15) is 5.69 Å². The van der Waals surface area contributed by atoms with Gasteiger partial charge < -0.3 is 34.8 Å². The van der Waals surface area contributed by atoms with Crippen LogP contribution >= 0.6 is 23.4 Å². The predicted molar refractivity (Wildman–Crippen MR) is 283 cm³/mol. The summed E-state index contributed by atoms with van der Waals surface area (Å²) in [5, 5.41) is 36.6. The standard InChI is InChI=1S/C53H60ClN7O7S2/c1-36(2)60-37(3)50(53(63)64)51(52(60)39-12-14-41(54)15-13-39)40-8-7-9-45(32-40)59-30-28-58(29-31-59)44-18-16-42(17-19-44)56-70(67,68)47-20-21-48(49(33-47)61(65)66)55-43(35-69-46-10-5-4-6-11-46)24-27-57-25-22-38(34-62)23-26-57/h4-21,32-33,36,38,43,55-56,62H,22-31,34-35H2,1-3H3,(H,63,64). The van der Waals surface area contributed by atoms with Crippen LogP contribution in [0.2, 0.25) is 5.02 Å². The van der Waals surface area contributed by atoms with Crippen LogP contribution in [0.25, 0.3) is 22.4 Å². The number of carboxylic acids is 1. The van der Waals surface area contributed by atoms with Gasteiger partial charge in [-0.1, -0.05) is 54.1 Å². The minimum Gasteiger partial charge on any atom is -0.478 e. The highest BCUT2D eigenvalue weighted by molar-refractivity contribution is 7.99. The van der Waals surface area contributed by atoms with Crippen LogP contribution in [0.3, 0.4) is 0 Å². The highest BCUT2D eigenvalue weighted by atomic mass is 35.5. The number of aliphatic hydroxyl groups excluding tert-OH is 1. The number of piperidine rings is 1. The predicted octanol–water partition coefficient (Wildman–Crippen LogP) is 10.8. The van der Waals surface area contributed by atoms with Crippen LogP contribution in [0.4, 0.5) is 28.4 Å². The lowest BCUT2D eigenvalue weighted by Gasteiger charge is -2.37. The number of nitrogens with one attached hydrogen (secondary N) is 2. The van der Waals surface area contributed by atoms with E-state index in [9.17, 15) is 33.5 Å². The Morgan fingerprint density at radius 3 is 2.14 bits per heavy atom. The van der Waals surface area contributed by atoms with Gasteiger partial charge >= 0.3 is 5.97 Å². The number of rotatable bonds is 19. The molecule has 1 unspecified atom stereocenters. The summed E-state index contributed by atoms with van der Waals surface area (Å²) in [5.41, 5.74) is 6.30. The first-order valence-corrected chi connectivity index (χ1v) is 26.6. The zero-order valence-electron chi connectivity index (χ0n) is 39.6. The molecule has 0 aliphatic carbocycles. The summed E-state index contributed by atoms with van der Waals surface area (Å²) < 4.78 is 32.2. The maximum atomic E-state index is 13.7. The molecule has 2 aliphatic rings. The molecule has 8 rings (SSSR count). The highest BCUT2D eigenvalue weighted by Crippen LogP contribution is 2.43. The Hall–Kier alpha value is -6.04. The van der Waals surface area contributed by atoms with E-state index < -0.39 is 20.9 Å². The molecule has 14 nitrogen and oxygen atoms in total. The van der Waals surface area contributed by atoms with Gasteiger partial charge in [-0.25, -0.2) is 13.2 Å². The van der Waals surface area contributed by atoms with Gasteiger partial charge in [0.2, 0.25) is 0 Å². The SMILES string of the molecule is Cc1c(C(=O)O)c(-c2cccc(N3CCN(c4ccc(NS(=O)(=O)c5ccc(NC(CCN6CCC(CO)CC6)CSc6ccccc6)c([N+](=O)[O-])c5)cc4)CC3)c2)c(-c2ccc(Cl)cc2)n1C(C)C.